The van der Waals surface area contributed by atoms with Crippen molar-refractivity contribution in [3.8, 4) is 0 Å². The van der Waals surface area contributed by atoms with Crippen molar-refractivity contribution < 1.29 is 80.2 Å². The Morgan fingerprint density at radius 2 is 0.539 bits per heavy atom. The number of phosphoric ester groups is 2. The average molecular weight is 1310 g/mol. The van der Waals surface area contributed by atoms with Crippen molar-refractivity contribution >= 4 is 39.5 Å². The lowest BCUT2D eigenvalue weighted by molar-refractivity contribution is -0.161. The normalized spacial score (nSPS) is 14.9. The van der Waals surface area contributed by atoms with Gasteiger partial charge in [0.25, 0.3) is 0 Å². The quantitative estimate of drug-likeness (QED) is 0.0222. The third-order valence-corrected chi connectivity index (χ3v) is 18.7. The van der Waals surface area contributed by atoms with Crippen LogP contribution in [0, 0.1) is 23.7 Å². The Morgan fingerprint density at radius 1 is 0.315 bits per heavy atom. The minimum atomic E-state index is -4.95. The molecule has 19 heteroatoms. The van der Waals surface area contributed by atoms with Crippen molar-refractivity contribution in [2.24, 2.45) is 23.7 Å². The molecule has 3 N–H and O–H groups in total. The van der Waals surface area contributed by atoms with Crippen LogP contribution in [0.2, 0.25) is 0 Å². The largest absolute Gasteiger partial charge is 0.472 e. The van der Waals surface area contributed by atoms with Gasteiger partial charge in [0.15, 0.2) is 12.2 Å². The zero-order chi connectivity index (χ0) is 66.1. The lowest BCUT2D eigenvalue weighted by Gasteiger charge is -2.21. The molecule has 0 heterocycles. The number of hydrogen-bond acceptors (Lipinski definition) is 15. The van der Waals surface area contributed by atoms with Gasteiger partial charge in [0.05, 0.1) is 26.4 Å². The topological polar surface area (TPSA) is 237 Å². The predicted molar refractivity (Wildman–Crippen MR) is 358 cm³/mol. The molecular formula is C70H136O17P2. The Balaban J connectivity index is 5.17. The lowest BCUT2D eigenvalue weighted by atomic mass is 10.00. The third-order valence-electron chi connectivity index (χ3n) is 16.8. The standard InChI is InChI=1S/C70H136O17P2/c1-9-62(7)48-40-32-26-28-36-44-52-69(74)86-65(56-80-67(72)50-42-34-24-20-18-16-14-12-11-13-15-17-19-22-30-38-46-60(3)4)58-84-88(76,77)82-54-64(71)55-83-89(78,79)85-59-66(87-70(75)53-45-37-29-27-33-41-49-63(8)10-2)57-81-68(73)51-43-35-25-21-23-31-39-47-61(5)6/h60-66,71H,9-59H2,1-8H3,(H,76,77)(H,78,79)/t62?,63?,64?,65-,66-/m1/s1. The number of rotatable bonds is 67. The fourth-order valence-corrected chi connectivity index (χ4v) is 12.0. The van der Waals surface area contributed by atoms with Gasteiger partial charge in [-0.05, 0) is 49.4 Å². The van der Waals surface area contributed by atoms with Gasteiger partial charge >= 0.3 is 39.5 Å². The molecule has 5 unspecified atom stereocenters. The van der Waals surface area contributed by atoms with Crippen LogP contribution >= 0.6 is 15.6 Å². The van der Waals surface area contributed by atoms with E-state index in [4.69, 9.17) is 37.0 Å². The number of hydrogen-bond donors (Lipinski definition) is 3. The molecule has 0 fully saturated rings. The maximum atomic E-state index is 13.0. The van der Waals surface area contributed by atoms with E-state index in [1.165, 1.54) is 141 Å². The number of carbonyl (C=O) groups excluding carboxylic acids is 4. The van der Waals surface area contributed by atoms with E-state index in [9.17, 15) is 43.2 Å². The molecule has 0 rings (SSSR count). The van der Waals surface area contributed by atoms with Gasteiger partial charge in [-0.25, -0.2) is 9.13 Å². The third kappa shape index (κ3) is 62.0. The Morgan fingerprint density at radius 3 is 0.798 bits per heavy atom. The first kappa shape index (κ1) is 87.1. The zero-order valence-corrected chi connectivity index (χ0v) is 59.8. The molecule has 0 aromatic rings. The van der Waals surface area contributed by atoms with Crippen LogP contribution in [0.5, 0.6) is 0 Å². The van der Waals surface area contributed by atoms with Crippen LogP contribution < -0.4 is 0 Å². The van der Waals surface area contributed by atoms with Crippen molar-refractivity contribution in [2.75, 3.05) is 39.6 Å². The van der Waals surface area contributed by atoms with Crippen molar-refractivity contribution in [3.63, 3.8) is 0 Å². The summed E-state index contributed by atoms with van der Waals surface area (Å²) in [5.74, 6) is 0.822. The minimum Gasteiger partial charge on any atom is -0.462 e. The second kappa shape index (κ2) is 59.8. The average Bonchev–Trinajstić information content (AvgIpc) is 3.71. The molecular weight excluding hydrogens is 1170 g/mol. The number of phosphoric acid groups is 2. The van der Waals surface area contributed by atoms with Gasteiger partial charge < -0.3 is 33.8 Å². The van der Waals surface area contributed by atoms with Crippen molar-refractivity contribution in [2.45, 2.75) is 363 Å². The van der Waals surface area contributed by atoms with E-state index in [1.807, 2.05) is 0 Å². The van der Waals surface area contributed by atoms with Crippen LogP contribution in [0.15, 0.2) is 0 Å². The van der Waals surface area contributed by atoms with Gasteiger partial charge in [-0.3, -0.25) is 37.3 Å². The summed E-state index contributed by atoms with van der Waals surface area (Å²) in [4.78, 5) is 72.4. The Kier molecular flexibility index (Phi) is 58.5. The summed E-state index contributed by atoms with van der Waals surface area (Å²) in [5.41, 5.74) is 0. The fourth-order valence-electron chi connectivity index (χ4n) is 10.4. The maximum absolute atomic E-state index is 13.0. The van der Waals surface area contributed by atoms with E-state index in [1.54, 1.807) is 0 Å². The first-order valence-electron chi connectivity index (χ1n) is 36.3. The molecule has 0 aromatic carbocycles. The Bertz CT molecular complexity index is 1770. The van der Waals surface area contributed by atoms with Gasteiger partial charge in [-0.2, -0.15) is 0 Å². The summed E-state index contributed by atoms with van der Waals surface area (Å²) in [6.07, 6.45) is 42.0. The van der Waals surface area contributed by atoms with Gasteiger partial charge in [0, 0.05) is 25.7 Å². The van der Waals surface area contributed by atoms with E-state index in [0.717, 1.165) is 114 Å². The monoisotopic (exact) mass is 1310 g/mol. The Hall–Kier alpha value is -1.94. The van der Waals surface area contributed by atoms with Crippen LogP contribution in [0.4, 0.5) is 0 Å². The molecule has 0 amide bonds. The zero-order valence-electron chi connectivity index (χ0n) is 58.1. The van der Waals surface area contributed by atoms with Gasteiger partial charge in [-0.15, -0.1) is 0 Å². The highest BCUT2D eigenvalue weighted by atomic mass is 31.2. The number of unbranched alkanes of at least 4 members (excludes halogenated alkanes) is 31. The van der Waals surface area contributed by atoms with E-state index >= 15 is 0 Å². The van der Waals surface area contributed by atoms with Crippen molar-refractivity contribution in [3.05, 3.63) is 0 Å². The van der Waals surface area contributed by atoms with Crippen LogP contribution in [0.1, 0.15) is 344 Å². The lowest BCUT2D eigenvalue weighted by Crippen LogP contribution is -2.30. The van der Waals surface area contributed by atoms with Crippen LogP contribution in [-0.2, 0) is 65.4 Å². The summed E-state index contributed by atoms with van der Waals surface area (Å²) in [5, 5.41) is 10.6. The van der Waals surface area contributed by atoms with Crippen molar-refractivity contribution in [1.29, 1.82) is 0 Å². The number of aliphatic hydroxyl groups excluding tert-OH is 1. The van der Waals surface area contributed by atoms with E-state index in [-0.39, 0.29) is 25.7 Å². The molecule has 0 saturated heterocycles. The molecule has 0 bridgehead atoms. The highest BCUT2D eigenvalue weighted by Gasteiger charge is 2.30. The summed E-state index contributed by atoms with van der Waals surface area (Å²) in [7, 11) is -9.90. The molecule has 0 spiro atoms. The van der Waals surface area contributed by atoms with E-state index < -0.39 is 97.5 Å². The highest BCUT2D eigenvalue weighted by molar-refractivity contribution is 7.47. The molecule has 0 saturated carbocycles. The summed E-state index contributed by atoms with van der Waals surface area (Å²) < 4.78 is 68.2. The molecule has 0 aliphatic heterocycles. The maximum Gasteiger partial charge on any atom is 0.472 e. The van der Waals surface area contributed by atoms with Gasteiger partial charge in [0.2, 0.25) is 0 Å². The summed E-state index contributed by atoms with van der Waals surface area (Å²) in [6, 6.07) is 0. The van der Waals surface area contributed by atoms with Crippen LogP contribution in [0.25, 0.3) is 0 Å². The van der Waals surface area contributed by atoms with Gasteiger partial charge in [-0.1, -0.05) is 293 Å². The fraction of sp³-hybridized carbons (Fsp3) is 0.943. The van der Waals surface area contributed by atoms with Crippen molar-refractivity contribution in [1.82, 2.24) is 0 Å². The smallest absolute Gasteiger partial charge is 0.462 e. The number of aliphatic hydroxyl groups is 1. The molecule has 89 heavy (non-hydrogen) atoms. The van der Waals surface area contributed by atoms with Crippen LogP contribution in [0.3, 0.4) is 0 Å². The van der Waals surface area contributed by atoms with Crippen LogP contribution in [-0.4, -0.2) is 96.7 Å². The highest BCUT2D eigenvalue weighted by Crippen LogP contribution is 2.45. The summed E-state index contributed by atoms with van der Waals surface area (Å²) in [6.45, 7) is 14.0. The first-order valence-corrected chi connectivity index (χ1v) is 39.3. The molecule has 0 aliphatic rings. The second-order valence-electron chi connectivity index (χ2n) is 26.7. The molecule has 0 aliphatic carbocycles. The minimum absolute atomic E-state index is 0.102. The van der Waals surface area contributed by atoms with Gasteiger partial charge in [0.1, 0.15) is 19.3 Å². The molecule has 0 radical (unpaired) electrons. The molecule has 7 atom stereocenters. The molecule has 17 nitrogen and oxygen atoms in total. The Labute approximate surface area is 543 Å². The number of esters is 4. The number of carbonyl (C=O) groups is 4. The second-order valence-corrected chi connectivity index (χ2v) is 29.6. The SMILES string of the molecule is CCC(C)CCCCCCCCC(=O)O[C@H](COC(=O)CCCCCCCCCCCCCCCCCCC(C)C)COP(=O)(O)OCC(O)COP(=O)(O)OC[C@@H](COC(=O)CCCCCCCCCC(C)C)OC(=O)CCCCCCCCC(C)CC. The summed E-state index contributed by atoms with van der Waals surface area (Å²) >= 11 is 0. The first-order chi connectivity index (χ1) is 42.7. The molecule has 528 valence electrons. The molecule has 0 aromatic heterocycles. The number of ether oxygens (including phenoxy) is 4. The predicted octanol–water partition coefficient (Wildman–Crippen LogP) is 19.7. The van der Waals surface area contributed by atoms with E-state index in [0.29, 0.717) is 31.6 Å². The van der Waals surface area contributed by atoms with E-state index in [2.05, 4.69) is 55.4 Å².